The van der Waals surface area contributed by atoms with E-state index in [2.05, 4.69) is 6.92 Å². The third-order valence-electron chi connectivity index (χ3n) is 3.72. The fraction of sp³-hybridized carbons (Fsp3) is 0.882. The Labute approximate surface area is 128 Å². The van der Waals surface area contributed by atoms with Crippen molar-refractivity contribution in [2.75, 3.05) is 0 Å². The number of aliphatic hydroxyl groups excluding tert-OH is 1. The molecule has 124 valence electrons. The fourth-order valence-electron chi connectivity index (χ4n) is 2.40. The SMILES string of the molecule is CCCCCCCCCCCC(O)CC(=O)CCC(=O)O. The van der Waals surface area contributed by atoms with Gasteiger partial charge in [0.05, 0.1) is 12.5 Å². The Morgan fingerprint density at radius 3 is 1.90 bits per heavy atom. The molecule has 0 aromatic rings. The number of carbonyl (C=O) groups is 2. The molecule has 2 N–H and O–H groups in total. The van der Waals surface area contributed by atoms with E-state index in [1.165, 1.54) is 44.9 Å². The van der Waals surface area contributed by atoms with Crippen LogP contribution in [0, 0.1) is 0 Å². The molecule has 1 unspecified atom stereocenters. The van der Waals surface area contributed by atoms with Crippen LogP contribution in [0.25, 0.3) is 0 Å². The van der Waals surface area contributed by atoms with Gasteiger partial charge in [-0.15, -0.1) is 0 Å². The summed E-state index contributed by atoms with van der Waals surface area (Å²) in [6, 6.07) is 0. The highest BCUT2D eigenvalue weighted by Gasteiger charge is 2.11. The summed E-state index contributed by atoms with van der Waals surface area (Å²) in [5.41, 5.74) is 0. The first-order valence-electron chi connectivity index (χ1n) is 8.47. The monoisotopic (exact) mass is 300 g/mol. The summed E-state index contributed by atoms with van der Waals surface area (Å²) in [6.07, 6.45) is 11.1. The maximum atomic E-state index is 11.4. The predicted molar refractivity (Wildman–Crippen MR) is 84.3 cm³/mol. The number of Topliss-reactive ketones (excluding diaryl/α,β-unsaturated/α-hetero) is 1. The first-order valence-corrected chi connectivity index (χ1v) is 8.47. The number of hydrogen-bond donors (Lipinski definition) is 2. The second kappa shape index (κ2) is 14.1. The molecule has 0 aliphatic rings. The second-order valence-electron chi connectivity index (χ2n) is 5.91. The molecule has 0 aliphatic heterocycles. The number of unbranched alkanes of at least 4 members (excludes halogenated alkanes) is 8. The third-order valence-corrected chi connectivity index (χ3v) is 3.72. The van der Waals surface area contributed by atoms with Gasteiger partial charge in [0.1, 0.15) is 5.78 Å². The van der Waals surface area contributed by atoms with Gasteiger partial charge < -0.3 is 10.2 Å². The summed E-state index contributed by atoms with van der Waals surface area (Å²) in [6.45, 7) is 2.22. The predicted octanol–water partition coefficient (Wildman–Crippen LogP) is 4.09. The number of hydrogen-bond acceptors (Lipinski definition) is 3. The summed E-state index contributed by atoms with van der Waals surface area (Å²) in [7, 11) is 0. The molecule has 4 heteroatoms. The molecule has 0 rings (SSSR count). The highest BCUT2D eigenvalue weighted by Crippen LogP contribution is 2.13. The Morgan fingerprint density at radius 1 is 0.857 bits per heavy atom. The molecule has 0 heterocycles. The molecule has 4 nitrogen and oxygen atoms in total. The van der Waals surface area contributed by atoms with E-state index in [9.17, 15) is 14.7 Å². The summed E-state index contributed by atoms with van der Waals surface area (Å²) in [5, 5.41) is 18.2. The second-order valence-corrected chi connectivity index (χ2v) is 5.91. The summed E-state index contributed by atoms with van der Waals surface area (Å²) in [4.78, 5) is 21.7. The Morgan fingerprint density at radius 2 is 1.38 bits per heavy atom. The molecule has 0 spiro atoms. The minimum Gasteiger partial charge on any atom is -0.481 e. The van der Waals surface area contributed by atoms with Crippen molar-refractivity contribution in [1.82, 2.24) is 0 Å². The topological polar surface area (TPSA) is 74.6 Å². The van der Waals surface area contributed by atoms with Gasteiger partial charge in [-0.25, -0.2) is 0 Å². The first kappa shape index (κ1) is 20.1. The number of ketones is 1. The van der Waals surface area contributed by atoms with Crippen LogP contribution < -0.4 is 0 Å². The van der Waals surface area contributed by atoms with Crippen LogP contribution in [0.5, 0.6) is 0 Å². The Hall–Kier alpha value is -0.900. The van der Waals surface area contributed by atoms with E-state index in [4.69, 9.17) is 5.11 Å². The molecule has 0 saturated heterocycles. The van der Waals surface area contributed by atoms with Gasteiger partial charge in [-0.3, -0.25) is 9.59 Å². The van der Waals surface area contributed by atoms with E-state index >= 15 is 0 Å². The van der Waals surface area contributed by atoms with E-state index in [0.29, 0.717) is 6.42 Å². The van der Waals surface area contributed by atoms with Gasteiger partial charge in [0.25, 0.3) is 0 Å². The maximum absolute atomic E-state index is 11.4. The molecule has 0 fully saturated rings. The van der Waals surface area contributed by atoms with E-state index in [1.54, 1.807) is 0 Å². The van der Waals surface area contributed by atoms with Crippen LogP contribution in [0.3, 0.4) is 0 Å². The zero-order valence-electron chi connectivity index (χ0n) is 13.5. The standard InChI is InChI=1S/C17H32O4/c1-2-3-4-5-6-7-8-9-10-11-15(18)14-16(19)12-13-17(20)21/h15,18H,2-14H2,1H3,(H,20,21). The minimum atomic E-state index is -0.961. The lowest BCUT2D eigenvalue weighted by Crippen LogP contribution is -2.14. The zero-order valence-corrected chi connectivity index (χ0v) is 13.5. The van der Waals surface area contributed by atoms with Crippen LogP contribution in [0.2, 0.25) is 0 Å². The number of rotatable bonds is 15. The van der Waals surface area contributed by atoms with Gasteiger partial charge in [-0.05, 0) is 6.42 Å². The van der Waals surface area contributed by atoms with Gasteiger partial charge in [-0.1, -0.05) is 64.7 Å². The van der Waals surface area contributed by atoms with Crippen LogP contribution in [0.1, 0.15) is 90.4 Å². The number of aliphatic carboxylic acids is 1. The molecule has 0 saturated carbocycles. The van der Waals surface area contributed by atoms with Crippen LogP contribution >= 0.6 is 0 Å². The van der Waals surface area contributed by atoms with Crippen molar-refractivity contribution in [2.24, 2.45) is 0 Å². The largest absolute Gasteiger partial charge is 0.481 e. The smallest absolute Gasteiger partial charge is 0.303 e. The molecule has 0 bridgehead atoms. The van der Waals surface area contributed by atoms with Crippen LogP contribution in [-0.4, -0.2) is 28.1 Å². The lowest BCUT2D eigenvalue weighted by Gasteiger charge is -2.09. The normalized spacial score (nSPS) is 12.3. The van der Waals surface area contributed by atoms with Gasteiger partial charge in [0, 0.05) is 12.8 Å². The molecule has 0 aromatic heterocycles. The first-order chi connectivity index (χ1) is 10.1. The van der Waals surface area contributed by atoms with Crippen molar-refractivity contribution in [3.63, 3.8) is 0 Å². The lowest BCUT2D eigenvalue weighted by molar-refractivity contribution is -0.138. The average Bonchev–Trinajstić information content (AvgIpc) is 2.43. The molecule has 1 atom stereocenters. The molecule has 0 radical (unpaired) electrons. The van der Waals surface area contributed by atoms with Gasteiger partial charge in [0.2, 0.25) is 0 Å². The Kier molecular flexibility index (Phi) is 13.5. The maximum Gasteiger partial charge on any atom is 0.303 e. The summed E-state index contributed by atoms with van der Waals surface area (Å²) in [5.74, 6) is -1.11. The number of carbonyl (C=O) groups excluding carboxylic acids is 1. The van der Waals surface area contributed by atoms with Crippen molar-refractivity contribution in [2.45, 2.75) is 96.5 Å². The summed E-state index contributed by atoms with van der Waals surface area (Å²) >= 11 is 0. The molecule has 21 heavy (non-hydrogen) atoms. The molecule has 0 aliphatic carbocycles. The van der Waals surface area contributed by atoms with Crippen molar-refractivity contribution in [3.05, 3.63) is 0 Å². The van der Waals surface area contributed by atoms with Crippen molar-refractivity contribution in [3.8, 4) is 0 Å². The van der Waals surface area contributed by atoms with Crippen molar-refractivity contribution in [1.29, 1.82) is 0 Å². The number of carboxylic acid groups (broad SMARTS) is 1. The third kappa shape index (κ3) is 15.3. The van der Waals surface area contributed by atoms with Gasteiger partial charge >= 0.3 is 5.97 Å². The van der Waals surface area contributed by atoms with Gasteiger partial charge in [-0.2, -0.15) is 0 Å². The fourth-order valence-corrected chi connectivity index (χ4v) is 2.40. The lowest BCUT2D eigenvalue weighted by atomic mass is 10.0. The molecule has 0 aromatic carbocycles. The Balaban J connectivity index is 3.35. The van der Waals surface area contributed by atoms with Crippen LogP contribution in [-0.2, 0) is 9.59 Å². The van der Waals surface area contributed by atoms with E-state index in [-0.39, 0.29) is 25.0 Å². The quantitative estimate of drug-likeness (QED) is 0.447. The zero-order chi connectivity index (χ0) is 15.9. The van der Waals surface area contributed by atoms with Crippen LogP contribution in [0.15, 0.2) is 0 Å². The van der Waals surface area contributed by atoms with E-state index < -0.39 is 12.1 Å². The molecule has 0 amide bonds. The average molecular weight is 300 g/mol. The molecular weight excluding hydrogens is 268 g/mol. The van der Waals surface area contributed by atoms with Crippen LogP contribution in [0.4, 0.5) is 0 Å². The molecular formula is C17H32O4. The highest BCUT2D eigenvalue weighted by molar-refractivity contribution is 5.82. The number of aliphatic hydroxyl groups is 1. The Bertz CT molecular complexity index is 276. The van der Waals surface area contributed by atoms with Gasteiger partial charge in [0.15, 0.2) is 0 Å². The van der Waals surface area contributed by atoms with Crippen molar-refractivity contribution >= 4 is 11.8 Å². The minimum absolute atomic E-state index is 0.0319. The van der Waals surface area contributed by atoms with E-state index in [0.717, 1.165) is 12.8 Å². The highest BCUT2D eigenvalue weighted by atomic mass is 16.4. The van der Waals surface area contributed by atoms with Crippen molar-refractivity contribution < 1.29 is 19.8 Å². The number of carboxylic acids is 1. The summed E-state index contributed by atoms with van der Waals surface area (Å²) < 4.78 is 0. The van der Waals surface area contributed by atoms with E-state index in [1.807, 2.05) is 0 Å².